The number of aromatic nitrogens is 1. The van der Waals surface area contributed by atoms with Crippen molar-refractivity contribution >= 4 is 17.7 Å². The average molecular weight is 403 g/mol. The van der Waals surface area contributed by atoms with Gasteiger partial charge in [-0.1, -0.05) is 6.07 Å². The molecule has 0 spiro atoms. The minimum Gasteiger partial charge on any atom is -0.479 e. The lowest BCUT2D eigenvalue weighted by atomic mass is 10.1. The summed E-state index contributed by atoms with van der Waals surface area (Å²) in [6, 6.07) is 14.1. The van der Waals surface area contributed by atoms with E-state index in [0.717, 1.165) is 0 Å². The SMILES string of the molecule is N#Cc1ccc(C(=O)N2CCN(C(=NC3(C(=O)O)CC3)c3ccccn3)CC2)cc1. The van der Waals surface area contributed by atoms with Gasteiger partial charge in [0.05, 0.1) is 11.6 Å². The Labute approximate surface area is 174 Å². The number of rotatable bonds is 4. The zero-order chi connectivity index (χ0) is 21.1. The Bertz CT molecular complexity index is 1010. The van der Waals surface area contributed by atoms with Gasteiger partial charge in [-0.25, -0.2) is 9.79 Å². The van der Waals surface area contributed by atoms with Crippen LogP contribution in [0.15, 0.2) is 53.7 Å². The first kappa shape index (κ1) is 19.6. The standard InChI is InChI=1S/C22H21N5O3/c23-15-16-4-6-17(7-5-16)20(28)27-13-11-26(12-14-27)19(18-3-1-2-10-24-18)25-22(8-9-22)21(29)30/h1-7,10H,8-9,11-14H2,(H,29,30). The van der Waals surface area contributed by atoms with E-state index in [-0.39, 0.29) is 5.91 Å². The Morgan fingerprint density at radius 1 is 1.03 bits per heavy atom. The number of nitrogens with zero attached hydrogens (tertiary/aromatic N) is 5. The molecule has 1 amide bonds. The van der Waals surface area contributed by atoms with Gasteiger partial charge in [0.15, 0.2) is 11.4 Å². The number of amides is 1. The molecule has 1 saturated carbocycles. The first-order valence-electron chi connectivity index (χ1n) is 9.81. The van der Waals surface area contributed by atoms with Crippen LogP contribution in [0.25, 0.3) is 0 Å². The molecule has 1 aromatic carbocycles. The minimum atomic E-state index is -1.05. The van der Waals surface area contributed by atoms with Crippen LogP contribution in [-0.2, 0) is 4.79 Å². The second-order valence-electron chi connectivity index (χ2n) is 7.46. The molecule has 1 N–H and O–H groups in total. The second-order valence-corrected chi connectivity index (χ2v) is 7.46. The number of pyridine rings is 1. The van der Waals surface area contributed by atoms with Crippen LogP contribution in [0.1, 0.15) is 34.5 Å². The molecular weight excluding hydrogens is 382 g/mol. The molecule has 2 heterocycles. The van der Waals surface area contributed by atoms with Crippen molar-refractivity contribution in [1.82, 2.24) is 14.8 Å². The fourth-order valence-corrected chi connectivity index (χ4v) is 3.47. The van der Waals surface area contributed by atoms with Gasteiger partial charge in [-0.2, -0.15) is 5.26 Å². The Morgan fingerprint density at radius 2 is 1.70 bits per heavy atom. The van der Waals surface area contributed by atoms with Crippen molar-refractivity contribution in [2.24, 2.45) is 4.99 Å². The second kappa shape index (κ2) is 7.95. The molecule has 0 unspecified atom stereocenters. The van der Waals surface area contributed by atoms with Gasteiger partial charge in [0.2, 0.25) is 0 Å². The molecule has 2 fully saturated rings. The number of hydrogen-bond donors (Lipinski definition) is 1. The molecule has 0 atom stereocenters. The van der Waals surface area contributed by atoms with E-state index >= 15 is 0 Å². The molecule has 8 heteroatoms. The molecule has 152 valence electrons. The molecule has 1 aliphatic heterocycles. The van der Waals surface area contributed by atoms with Crippen LogP contribution in [0.2, 0.25) is 0 Å². The van der Waals surface area contributed by atoms with Crippen LogP contribution in [0, 0.1) is 11.3 Å². The van der Waals surface area contributed by atoms with Crippen LogP contribution in [-0.4, -0.2) is 69.3 Å². The first-order valence-corrected chi connectivity index (χ1v) is 9.81. The van der Waals surface area contributed by atoms with Crippen LogP contribution >= 0.6 is 0 Å². The van der Waals surface area contributed by atoms with Crippen LogP contribution in [0.4, 0.5) is 0 Å². The third-order valence-electron chi connectivity index (χ3n) is 5.46. The van der Waals surface area contributed by atoms with E-state index in [1.165, 1.54) is 0 Å². The van der Waals surface area contributed by atoms with Gasteiger partial charge in [-0.05, 0) is 49.2 Å². The fourth-order valence-electron chi connectivity index (χ4n) is 3.47. The number of carboxylic acid groups (broad SMARTS) is 1. The third-order valence-corrected chi connectivity index (χ3v) is 5.46. The summed E-state index contributed by atoms with van der Waals surface area (Å²) in [5, 5.41) is 18.5. The quantitative estimate of drug-likeness (QED) is 0.615. The van der Waals surface area contributed by atoms with Crippen molar-refractivity contribution in [2.75, 3.05) is 26.2 Å². The molecule has 8 nitrogen and oxygen atoms in total. The summed E-state index contributed by atoms with van der Waals surface area (Å²) >= 11 is 0. The molecule has 4 rings (SSSR count). The summed E-state index contributed by atoms with van der Waals surface area (Å²) in [5.41, 5.74) is 0.642. The Kier molecular flexibility index (Phi) is 5.19. The molecule has 30 heavy (non-hydrogen) atoms. The highest BCUT2D eigenvalue weighted by Crippen LogP contribution is 2.40. The smallest absolute Gasteiger partial charge is 0.331 e. The third kappa shape index (κ3) is 3.87. The van der Waals surface area contributed by atoms with Crippen molar-refractivity contribution < 1.29 is 14.7 Å². The zero-order valence-electron chi connectivity index (χ0n) is 16.4. The monoisotopic (exact) mass is 403 g/mol. The lowest BCUT2D eigenvalue weighted by Gasteiger charge is -2.36. The van der Waals surface area contributed by atoms with Crippen molar-refractivity contribution in [1.29, 1.82) is 5.26 Å². The first-order chi connectivity index (χ1) is 14.5. The maximum atomic E-state index is 12.8. The lowest BCUT2D eigenvalue weighted by molar-refractivity contribution is -0.139. The highest BCUT2D eigenvalue weighted by molar-refractivity contribution is 6.00. The summed E-state index contributed by atoms with van der Waals surface area (Å²) in [6.45, 7) is 2.05. The van der Waals surface area contributed by atoms with Gasteiger partial charge in [0, 0.05) is 37.9 Å². The summed E-state index contributed by atoms with van der Waals surface area (Å²) < 4.78 is 0. The number of hydrogen-bond acceptors (Lipinski definition) is 5. The van der Waals surface area contributed by atoms with E-state index in [4.69, 9.17) is 5.26 Å². The number of benzene rings is 1. The van der Waals surface area contributed by atoms with Crippen molar-refractivity contribution in [2.45, 2.75) is 18.4 Å². The van der Waals surface area contributed by atoms with Gasteiger partial charge in [0.1, 0.15) is 5.69 Å². The predicted octanol–water partition coefficient (Wildman–Crippen LogP) is 1.78. The van der Waals surface area contributed by atoms with Gasteiger partial charge in [-0.15, -0.1) is 0 Å². The Hall–Kier alpha value is -3.73. The van der Waals surface area contributed by atoms with Crippen molar-refractivity contribution in [3.05, 3.63) is 65.5 Å². The number of carbonyl (C=O) groups excluding carboxylic acids is 1. The van der Waals surface area contributed by atoms with Crippen molar-refractivity contribution in [3.8, 4) is 6.07 Å². The molecular formula is C22H21N5O3. The fraction of sp³-hybridized carbons (Fsp3) is 0.318. The summed E-state index contributed by atoms with van der Waals surface area (Å²) in [6.07, 6.45) is 2.71. The van der Waals surface area contributed by atoms with E-state index in [2.05, 4.69) is 9.98 Å². The molecule has 0 bridgehead atoms. The number of aliphatic imine (C=N–C) groups is 1. The Morgan fingerprint density at radius 3 is 2.23 bits per heavy atom. The van der Waals surface area contributed by atoms with Gasteiger partial charge < -0.3 is 14.9 Å². The number of piperazine rings is 1. The molecule has 2 aromatic rings. The maximum Gasteiger partial charge on any atom is 0.331 e. The predicted molar refractivity (Wildman–Crippen MR) is 109 cm³/mol. The summed E-state index contributed by atoms with van der Waals surface area (Å²) in [4.78, 5) is 37.2. The number of aliphatic carboxylic acids is 1. The van der Waals surface area contributed by atoms with E-state index in [9.17, 15) is 14.7 Å². The van der Waals surface area contributed by atoms with Gasteiger partial charge in [0.25, 0.3) is 5.91 Å². The molecule has 1 aliphatic carbocycles. The molecule has 1 aromatic heterocycles. The number of carboxylic acids is 1. The topological polar surface area (TPSA) is 110 Å². The number of nitriles is 1. The van der Waals surface area contributed by atoms with Gasteiger partial charge >= 0.3 is 5.97 Å². The van der Waals surface area contributed by atoms with Crippen LogP contribution < -0.4 is 0 Å². The number of amidine groups is 1. The minimum absolute atomic E-state index is 0.0836. The summed E-state index contributed by atoms with van der Waals surface area (Å²) in [7, 11) is 0. The van der Waals surface area contributed by atoms with Crippen LogP contribution in [0.3, 0.4) is 0 Å². The average Bonchev–Trinajstić information content (AvgIpc) is 3.59. The van der Waals surface area contributed by atoms with E-state index in [1.54, 1.807) is 41.4 Å². The largest absolute Gasteiger partial charge is 0.479 e. The summed E-state index contributed by atoms with van der Waals surface area (Å²) in [5.74, 6) is -0.425. The van der Waals surface area contributed by atoms with E-state index in [1.807, 2.05) is 23.1 Å². The van der Waals surface area contributed by atoms with E-state index in [0.29, 0.717) is 61.7 Å². The maximum absolute atomic E-state index is 12.8. The Balaban J connectivity index is 1.50. The highest BCUT2D eigenvalue weighted by atomic mass is 16.4. The molecule has 0 radical (unpaired) electrons. The normalized spacial score (nSPS) is 17.9. The van der Waals surface area contributed by atoms with Crippen molar-refractivity contribution in [3.63, 3.8) is 0 Å². The molecule has 2 aliphatic rings. The zero-order valence-corrected chi connectivity index (χ0v) is 16.4. The highest BCUT2D eigenvalue weighted by Gasteiger charge is 2.51. The van der Waals surface area contributed by atoms with E-state index < -0.39 is 11.5 Å². The van der Waals surface area contributed by atoms with Crippen LogP contribution in [0.5, 0.6) is 0 Å². The van der Waals surface area contributed by atoms with Gasteiger partial charge in [-0.3, -0.25) is 9.78 Å². The number of carbonyl (C=O) groups is 2. The lowest BCUT2D eigenvalue weighted by Crippen LogP contribution is -2.51. The molecule has 1 saturated heterocycles.